The maximum Gasteiger partial charge on any atom is 0.146 e. The van der Waals surface area contributed by atoms with Crippen LogP contribution in [0, 0.1) is 0 Å². The van der Waals surface area contributed by atoms with Crippen molar-refractivity contribution >= 4 is 33.2 Å². The van der Waals surface area contributed by atoms with E-state index in [0.29, 0.717) is 11.6 Å². The average molecular weight is 316 g/mol. The minimum atomic E-state index is 0.606. The molecule has 1 aromatic carbocycles. The lowest BCUT2D eigenvalue weighted by Crippen LogP contribution is -2.09. The van der Waals surface area contributed by atoms with Gasteiger partial charge in [0.05, 0.1) is 17.3 Å². The zero-order valence-corrected chi connectivity index (χ0v) is 11.7. The van der Waals surface area contributed by atoms with Crippen LogP contribution in [0.5, 0.6) is 0 Å². The van der Waals surface area contributed by atoms with Crippen LogP contribution in [0.2, 0.25) is 5.02 Å². The van der Waals surface area contributed by atoms with Crippen LogP contribution < -0.4 is 5.32 Å². The number of nitrogens with zero attached hydrogens (tertiary/aromatic N) is 3. The van der Waals surface area contributed by atoms with Gasteiger partial charge in [0.1, 0.15) is 12.2 Å². The highest BCUT2D eigenvalue weighted by Gasteiger charge is 2.04. The number of hydrogen-bond donors (Lipinski definition) is 1. The Morgan fingerprint density at radius 2 is 2.29 bits per heavy atom. The standard InChI is InChI=1S/C11H12BrClN4/c1-2-17-11(15-7-16-17)6-14-10-4-3-8(12)5-9(10)13/h3-5,7,14H,2,6H2,1H3. The van der Waals surface area contributed by atoms with E-state index in [1.54, 1.807) is 6.33 Å². The molecule has 0 radical (unpaired) electrons. The average Bonchev–Trinajstić information content (AvgIpc) is 2.75. The third-order valence-electron chi connectivity index (χ3n) is 2.36. The molecule has 1 N–H and O–H groups in total. The minimum absolute atomic E-state index is 0.606. The van der Waals surface area contributed by atoms with Crippen molar-refractivity contribution in [2.75, 3.05) is 5.32 Å². The largest absolute Gasteiger partial charge is 0.377 e. The van der Waals surface area contributed by atoms with Crippen molar-refractivity contribution in [3.63, 3.8) is 0 Å². The predicted octanol–water partition coefficient (Wildman–Crippen LogP) is 3.33. The normalized spacial score (nSPS) is 10.5. The second-order valence-corrected chi connectivity index (χ2v) is 4.79. The van der Waals surface area contributed by atoms with Gasteiger partial charge in [0.25, 0.3) is 0 Å². The van der Waals surface area contributed by atoms with E-state index in [2.05, 4.69) is 31.3 Å². The fourth-order valence-corrected chi connectivity index (χ4v) is 2.24. The number of anilines is 1. The highest BCUT2D eigenvalue weighted by Crippen LogP contribution is 2.25. The number of benzene rings is 1. The summed E-state index contributed by atoms with van der Waals surface area (Å²) < 4.78 is 2.81. The number of halogens is 2. The van der Waals surface area contributed by atoms with Crippen molar-refractivity contribution < 1.29 is 0 Å². The highest BCUT2D eigenvalue weighted by atomic mass is 79.9. The van der Waals surface area contributed by atoms with Gasteiger partial charge < -0.3 is 5.32 Å². The molecule has 0 saturated heterocycles. The number of nitrogens with one attached hydrogen (secondary N) is 1. The summed E-state index contributed by atoms with van der Waals surface area (Å²) in [7, 11) is 0. The number of aryl methyl sites for hydroxylation is 1. The van der Waals surface area contributed by atoms with Crippen LogP contribution >= 0.6 is 27.5 Å². The summed E-state index contributed by atoms with van der Waals surface area (Å²) >= 11 is 9.48. The molecule has 0 unspecified atom stereocenters. The zero-order chi connectivity index (χ0) is 12.3. The second kappa shape index (κ2) is 5.51. The summed E-state index contributed by atoms with van der Waals surface area (Å²) in [5.41, 5.74) is 0.889. The Morgan fingerprint density at radius 1 is 1.47 bits per heavy atom. The first-order chi connectivity index (χ1) is 8.20. The van der Waals surface area contributed by atoms with Gasteiger partial charge in [-0.25, -0.2) is 9.67 Å². The van der Waals surface area contributed by atoms with Crippen LogP contribution in [0.1, 0.15) is 12.7 Å². The Kier molecular flexibility index (Phi) is 4.02. The van der Waals surface area contributed by atoms with Crippen molar-refractivity contribution in [2.24, 2.45) is 0 Å². The Labute approximate surface area is 113 Å². The van der Waals surface area contributed by atoms with E-state index in [4.69, 9.17) is 11.6 Å². The Bertz CT molecular complexity index is 512. The monoisotopic (exact) mass is 314 g/mol. The Morgan fingerprint density at radius 3 is 3.00 bits per heavy atom. The van der Waals surface area contributed by atoms with Crippen molar-refractivity contribution in [1.29, 1.82) is 0 Å². The molecular weight excluding hydrogens is 304 g/mol. The first kappa shape index (κ1) is 12.4. The molecule has 0 aliphatic rings. The lowest BCUT2D eigenvalue weighted by molar-refractivity contribution is 0.622. The van der Waals surface area contributed by atoms with Crippen LogP contribution in [0.3, 0.4) is 0 Å². The lowest BCUT2D eigenvalue weighted by Gasteiger charge is -2.08. The second-order valence-electron chi connectivity index (χ2n) is 3.47. The fraction of sp³-hybridized carbons (Fsp3) is 0.273. The molecule has 0 saturated carbocycles. The summed E-state index contributed by atoms with van der Waals surface area (Å²) in [6, 6.07) is 5.73. The third-order valence-corrected chi connectivity index (χ3v) is 3.17. The molecule has 2 rings (SSSR count). The SMILES string of the molecule is CCn1ncnc1CNc1ccc(Br)cc1Cl. The third kappa shape index (κ3) is 2.98. The molecule has 6 heteroatoms. The molecule has 0 amide bonds. The topological polar surface area (TPSA) is 42.7 Å². The van der Waals surface area contributed by atoms with Gasteiger partial charge in [-0.2, -0.15) is 5.10 Å². The summed E-state index contributed by atoms with van der Waals surface area (Å²) in [6.07, 6.45) is 1.56. The first-order valence-electron chi connectivity index (χ1n) is 5.26. The maximum absolute atomic E-state index is 6.11. The van der Waals surface area contributed by atoms with Crippen molar-refractivity contribution in [3.05, 3.63) is 39.8 Å². The Hall–Kier alpha value is -1.07. The Balaban J connectivity index is 2.07. The summed E-state index contributed by atoms with van der Waals surface area (Å²) in [5.74, 6) is 0.895. The van der Waals surface area contributed by atoms with E-state index in [0.717, 1.165) is 22.5 Å². The van der Waals surface area contributed by atoms with E-state index in [-0.39, 0.29) is 0 Å². The maximum atomic E-state index is 6.11. The molecular formula is C11H12BrClN4. The van der Waals surface area contributed by atoms with Gasteiger partial charge in [-0.3, -0.25) is 0 Å². The molecule has 4 nitrogen and oxygen atoms in total. The fourth-order valence-electron chi connectivity index (χ4n) is 1.50. The zero-order valence-electron chi connectivity index (χ0n) is 9.32. The van der Waals surface area contributed by atoms with E-state index in [1.165, 1.54) is 0 Å². The molecule has 2 aromatic rings. The first-order valence-corrected chi connectivity index (χ1v) is 6.43. The van der Waals surface area contributed by atoms with E-state index in [1.807, 2.05) is 29.8 Å². The predicted molar refractivity (Wildman–Crippen MR) is 72.2 cm³/mol. The van der Waals surface area contributed by atoms with E-state index < -0.39 is 0 Å². The van der Waals surface area contributed by atoms with Crippen LogP contribution in [-0.4, -0.2) is 14.8 Å². The smallest absolute Gasteiger partial charge is 0.146 e. The lowest BCUT2D eigenvalue weighted by atomic mass is 10.3. The van der Waals surface area contributed by atoms with Crippen molar-refractivity contribution in [1.82, 2.24) is 14.8 Å². The van der Waals surface area contributed by atoms with Crippen LogP contribution in [0.25, 0.3) is 0 Å². The molecule has 0 fully saturated rings. The van der Waals surface area contributed by atoms with Gasteiger partial charge in [0, 0.05) is 11.0 Å². The minimum Gasteiger partial charge on any atom is -0.377 e. The summed E-state index contributed by atoms with van der Waals surface area (Å²) in [5, 5.41) is 8.03. The quantitative estimate of drug-likeness (QED) is 0.941. The van der Waals surface area contributed by atoms with Crippen molar-refractivity contribution in [2.45, 2.75) is 20.0 Å². The number of hydrogen-bond acceptors (Lipinski definition) is 3. The molecule has 0 atom stereocenters. The summed E-state index contributed by atoms with van der Waals surface area (Å²) in [6.45, 7) is 3.45. The van der Waals surface area contributed by atoms with Gasteiger partial charge in [0.15, 0.2) is 0 Å². The van der Waals surface area contributed by atoms with Gasteiger partial charge >= 0.3 is 0 Å². The van der Waals surface area contributed by atoms with Crippen LogP contribution in [-0.2, 0) is 13.1 Å². The highest BCUT2D eigenvalue weighted by molar-refractivity contribution is 9.10. The van der Waals surface area contributed by atoms with E-state index >= 15 is 0 Å². The molecule has 0 aliphatic heterocycles. The molecule has 0 spiro atoms. The molecule has 1 heterocycles. The van der Waals surface area contributed by atoms with Gasteiger partial charge in [0.2, 0.25) is 0 Å². The number of aromatic nitrogens is 3. The number of rotatable bonds is 4. The molecule has 0 aliphatic carbocycles. The molecule has 0 bridgehead atoms. The van der Waals surface area contributed by atoms with Crippen molar-refractivity contribution in [3.8, 4) is 0 Å². The molecule has 17 heavy (non-hydrogen) atoms. The van der Waals surface area contributed by atoms with Gasteiger partial charge in [-0.15, -0.1) is 0 Å². The van der Waals surface area contributed by atoms with Crippen LogP contribution in [0.4, 0.5) is 5.69 Å². The molecule has 1 aromatic heterocycles. The van der Waals surface area contributed by atoms with Gasteiger partial charge in [-0.05, 0) is 25.1 Å². The molecule has 90 valence electrons. The van der Waals surface area contributed by atoms with Crippen LogP contribution in [0.15, 0.2) is 29.0 Å². The van der Waals surface area contributed by atoms with Gasteiger partial charge in [-0.1, -0.05) is 27.5 Å². The van der Waals surface area contributed by atoms with E-state index in [9.17, 15) is 0 Å². The summed E-state index contributed by atoms with van der Waals surface area (Å²) in [4.78, 5) is 4.19.